The van der Waals surface area contributed by atoms with Gasteiger partial charge in [-0.15, -0.1) is 0 Å². The lowest BCUT2D eigenvalue weighted by Gasteiger charge is -2.03. The summed E-state index contributed by atoms with van der Waals surface area (Å²) >= 11 is 6.12. The SMILES string of the molecule is CCc1nn(CC)c(CC(=O)OC)c1Cl. The third kappa shape index (κ3) is 2.50. The molecule has 0 aliphatic carbocycles. The van der Waals surface area contributed by atoms with Crippen LogP contribution in [0.25, 0.3) is 0 Å². The first-order valence-electron chi connectivity index (χ1n) is 4.94. The molecule has 4 nitrogen and oxygen atoms in total. The normalized spacial score (nSPS) is 10.4. The Morgan fingerprint density at radius 3 is 2.67 bits per heavy atom. The first kappa shape index (κ1) is 12.0. The van der Waals surface area contributed by atoms with Crippen LogP contribution in [-0.2, 0) is 28.9 Å². The summed E-state index contributed by atoms with van der Waals surface area (Å²) in [6.07, 6.45) is 0.941. The number of esters is 1. The molecule has 0 N–H and O–H groups in total. The summed E-state index contributed by atoms with van der Waals surface area (Å²) in [7, 11) is 1.36. The summed E-state index contributed by atoms with van der Waals surface area (Å²) in [5.41, 5.74) is 1.57. The molecule has 0 saturated carbocycles. The lowest BCUT2D eigenvalue weighted by atomic mass is 10.2. The minimum Gasteiger partial charge on any atom is -0.469 e. The quantitative estimate of drug-likeness (QED) is 0.742. The molecule has 0 atom stereocenters. The Morgan fingerprint density at radius 2 is 2.20 bits per heavy atom. The first-order valence-corrected chi connectivity index (χ1v) is 5.32. The fourth-order valence-electron chi connectivity index (χ4n) is 1.40. The Kier molecular flexibility index (Phi) is 4.15. The second-order valence-corrected chi connectivity index (χ2v) is 3.51. The smallest absolute Gasteiger partial charge is 0.311 e. The predicted octanol–water partition coefficient (Wildman–Crippen LogP) is 1.83. The topological polar surface area (TPSA) is 44.1 Å². The van der Waals surface area contributed by atoms with Crippen LogP contribution in [0.3, 0.4) is 0 Å². The van der Waals surface area contributed by atoms with Crippen LogP contribution in [0, 0.1) is 0 Å². The number of aromatic nitrogens is 2. The van der Waals surface area contributed by atoms with Crippen molar-refractivity contribution in [3.8, 4) is 0 Å². The minimum absolute atomic E-state index is 0.177. The van der Waals surface area contributed by atoms with E-state index in [2.05, 4.69) is 9.84 Å². The molecule has 0 amide bonds. The van der Waals surface area contributed by atoms with E-state index in [0.29, 0.717) is 11.6 Å². The van der Waals surface area contributed by atoms with Crippen molar-refractivity contribution in [3.05, 3.63) is 16.4 Å². The molecule has 0 radical (unpaired) electrons. The molecule has 0 fully saturated rings. The number of hydrogen-bond donors (Lipinski definition) is 0. The molecule has 0 bridgehead atoms. The van der Waals surface area contributed by atoms with Crippen LogP contribution in [0.5, 0.6) is 0 Å². The molecule has 1 aromatic rings. The van der Waals surface area contributed by atoms with Crippen LogP contribution < -0.4 is 0 Å². The van der Waals surface area contributed by atoms with E-state index in [1.54, 1.807) is 4.68 Å². The van der Waals surface area contributed by atoms with Crippen molar-refractivity contribution in [1.29, 1.82) is 0 Å². The van der Waals surface area contributed by atoms with Crippen molar-refractivity contribution in [1.82, 2.24) is 9.78 Å². The Hall–Kier alpha value is -1.03. The predicted molar refractivity (Wildman–Crippen MR) is 58.0 cm³/mol. The molecule has 1 heterocycles. The fraction of sp³-hybridized carbons (Fsp3) is 0.600. The first-order chi connectivity index (χ1) is 7.13. The molecule has 84 valence electrons. The van der Waals surface area contributed by atoms with Gasteiger partial charge in [0, 0.05) is 6.54 Å². The van der Waals surface area contributed by atoms with Crippen molar-refractivity contribution >= 4 is 17.6 Å². The fourth-order valence-corrected chi connectivity index (χ4v) is 1.73. The third-order valence-corrected chi connectivity index (χ3v) is 2.67. The van der Waals surface area contributed by atoms with Gasteiger partial charge in [-0.1, -0.05) is 18.5 Å². The molecule has 1 rings (SSSR count). The van der Waals surface area contributed by atoms with E-state index in [1.165, 1.54) is 7.11 Å². The molecule has 0 aliphatic rings. The van der Waals surface area contributed by atoms with Gasteiger partial charge in [0.1, 0.15) is 0 Å². The number of halogens is 1. The maximum Gasteiger partial charge on any atom is 0.311 e. The van der Waals surface area contributed by atoms with Gasteiger partial charge >= 0.3 is 5.97 Å². The highest BCUT2D eigenvalue weighted by atomic mass is 35.5. The lowest BCUT2D eigenvalue weighted by Crippen LogP contribution is -2.10. The number of hydrogen-bond acceptors (Lipinski definition) is 3. The average molecular weight is 231 g/mol. The highest BCUT2D eigenvalue weighted by Gasteiger charge is 2.17. The molecule has 0 saturated heterocycles. The number of rotatable bonds is 4. The second kappa shape index (κ2) is 5.16. The number of carbonyl (C=O) groups excluding carboxylic acids is 1. The summed E-state index contributed by atoms with van der Waals surface area (Å²) in [5.74, 6) is -0.297. The van der Waals surface area contributed by atoms with Gasteiger partial charge in [0.2, 0.25) is 0 Å². The molecular weight excluding hydrogens is 216 g/mol. The Morgan fingerprint density at radius 1 is 1.53 bits per heavy atom. The van der Waals surface area contributed by atoms with Crippen LogP contribution >= 0.6 is 11.6 Å². The highest BCUT2D eigenvalue weighted by Crippen LogP contribution is 2.22. The second-order valence-electron chi connectivity index (χ2n) is 3.13. The van der Waals surface area contributed by atoms with E-state index in [-0.39, 0.29) is 12.4 Å². The third-order valence-electron chi connectivity index (χ3n) is 2.23. The van der Waals surface area contributed by atoms with Crippen molar-refractivity contribution in [2.24, 2.45) is 0 Å². The van der Waals surface area contributed by atoms with Gasteiger partial charge < -0.3 is 4.74 Å². The van der Waals surface area contributed by atoms with Gasteiger partial charge in [0.25, 0.3) is 0 Å². The molecule has 0 unspecified atom stereocenters. The lowest BCUT2D eigenvalue weighted by molar-refractivity contribution is -0.139. The summed E-state index contributed by atoms with van der Waals surface area (Å²) in [5, 5.41) is 4.90. The highest BCUT2D eigenvalue weighted by molar-refractivity contribution is 6.32. The Bertz CT molecular complexity index is 361. The van der Waals surface area contributed by atoms with E-state index in [9.17, 15) is 4.79 Å². The Balaban J connectivity index is 3.03. The number of methoxy groups -OCH3 is 1. The largest absolute Gasteiger partial charge is 0.469 e. The standard InChI is InChI=1S/C10H15ClN2O2/c1-4-7-10(11)8(6-9(14)15-3)13(5-2)12-7/h4-6H2,1-3H3. The Labute approximate surface area is 94.2 Å². The maximum atomic E-state index is 11.2. The zero-order valence-corrected chi connectivity index (χ0v) is 9.97. The van der Waals surface area contributed by atoms with Gasteiger partial charge in [-0.05, 0) is 13.3 Å². The van der Waals surface area contributed by atoms with Gasteiger partial charge in [0.05, 0.1) is 29.9 Å². The van der Waals surface area contributed by atoms with Crippen LogP contribution in [0.4, 0.5) is 0 Å². The zero-order valence-electron chi connectivity index (χ0n) is 9.21. The molecule has 15 heavy (non-hydrogen) atoms. The average Bonchev–Trinajstić information content (AvgIpc) is 2.55. The molecular formula is C10H15ClN2O2. The maximum absolute atomic E-state index is 11.2. The van der Waals surface area contributed by atoms with Crippen LogP contribution in [0.1, 0.15) is 25.2 Å². The van der Waals surface area contributed by atoms with E-state index in [1.807, 2.05) is 13.8 Å². The monoisotopic (exact) mass is 230 g/mol. The van der Waals surface area contributed by atoms with E-state index >= 15 is 0 Å². The van der Waals surface area contributed by atoms with Crippen LogP contribution in [-0.4, -0.2) is 22.9 Å². The number of aryl methyl sites for hydroxylation is 2. The summed E-state index contributed by atoms with van der Waals surface area (Å²) in [6.45, 7) is 4.64. The van der Waals surface area contributed by atoms with E-state index < -0.39 is 0 Å². The van der Waals surface area contributed by atoms with Gasteiger partial charge in [-0.25, -0.2) is 0 Å². The van der Waals surface area contributed by atoms with E-state index in [0.717, 1.165) is 17.8 Å². The van der Waals surface area contributed by atoms with Crippen LogP contribution in [0.2, 0.25) is 5.02 Å². The molecule has 0 aliphatic heterocycles. The van der Waals surface area contributed by atoms with Gasteiger partial charge in [-0.2, -0.15) is 5.10 Å². The summed E-state index contributed by atoms with van der Waals surface area (Å²) in [6, 6.07) is 0. The van der Waals surface area contributed by atoms with E-state index in [4.69, 9.17) is 11.6 Å². The minimum atomic E-state index is -0.297. The van der Waals surface area contributed by atoms with Gasteiger partial charge in [-0.3, -0.25) is 9.48 Å². The van der Waals surface area contributed by atoms with Crippen molar-refractivity contribution < 1.29 is 9.53 Å². The molecule has 0 spiro atoms. The van der Waals surface area contributed by atoms with Crippen molar-refractivity contribution in [3.63, 3.8) is 0 Å². The number of ether oxygens (including phenoxy) is 1. The molecule has 1 aromatic heterocycles. The van der Waals surface area contributed by atoms with Crippen molar-refractivity contribution in [2.75, 3.05) is 7.11 Å². The molecule has 5 heteroatoms. The van der Waals surface area contributed by atoms with Crippen molar-refractivity contribution in [2.45, 2.75) is 33.2 Å². The molecule has 0 aromatic carbocycles. The van der Waals surface area contributed by atoms with Gasteiger partial charge in [0.15, 0.2) is 0 Å². The summed E-state index contributed by atoms with van der Waals surface area (Å²) in [4.78, 5) is 11.2. The zero-order chi connectivity index (χ0) is 11.4. The summed E-state index contributed by atoms with van der Waals surface area (Å²) < 4.78 is 6.36. The number of carbonyl (C=O) groups is 1. The number of nitrogens with zero attached hydrogens (tertiary/aromatic N) is 2. The van der Waals surface area contributed by atoms with Crippen LogP contribution in [0.15, 0.2) is 0 Å².